The van der Waals surface area contributed by atoms with Crippen LogP contribution in [0.4, 0.5) is 0 Å². The van der Waals surface area contributed by atoms with Crippen LogP contribution < -0.4 is 11.2 Å². The van der Waals surface area contributed by atoms with Crippen LogP contribution in [-0.2, 0) is 30.3 Å². The van der Waals surface area contributed by atoms with Gasteiger partial charge < -0.3 is 14.2 Å². The van der Waals surface area contributed by atoms with Crippen molar-refractivity contribution in [2.24, 2.45) is 0 Å². The van der Waals surface area contributed by atoms with Gasteiger partial charge in [-0.3, -0.25) is 23.9 Å². The number of rotatable bonds is 7. The molecule has 3 aromatic rings. The number of ether oxygens (including phenoxy) is 3. The quantitative estimate of drug-likeness (QED) is 0.492. The zero-order chi connectivity index (χ0) is 24.2. The van der Waals surface area contributed by atoms with E-state index in [1.165, 1.54) is 24.6 Å². The van der Waals surface area contributed by atoms with Crippen molar-refractivity contribution < 1.29 is 23.8 Å². The van der Waals surface area contributed by atoms with Crippen molar-refractivity contribution in [1.29, 1.82) is 0 Å². The maximum Gasteiger partial charge on any atom is 0.330 e. The number of nitrogens with zero attached hydrogens (tertiary/aromatic N) is 4. The highest BCUT2D eigenvalue weighted by molar-refractivity contribution is 5.66. The van der Waals surface area contributed by atoms with Crippen molar-refractivity contribution in [3.63, 3.8) is 0 Å². The summed E-state index contributed by atoms with van der Waals surface area (Å²) in [7, 11) is 0. The number of aromatic nitrogens is 5. The summed E-state index contributed by atoms with van der Waals surface area (Å²) in [4.78, 5) is 50.0. The maximum absolute atomic E-state index is 12.6. The van der Waals surface area contributed by atoms with Crippen molar-refractivity contribution in [3.8, 4) is 11.3 Å². The minimum absolute atomic E-state index is 0.120. The molecule has 1 fully saturated rings. The van der Waals surface area contributed by atoms with E-state index in [-0.39, 0.29) is 24.3 Å². The molecule has 0 saturated carbocycles. The minimum atomic E-state index is -0.868. The summed E-state index contributed by atoms with van der Waals surface area (Å²) < 4.78 is 18.9. The fourth-order valence-corrected chi connectivity index (χ4v) is 3.71. The number of benzene rings is 1. The summed E-state index contributed by atoms with van der Waals surface area (Å²) in [5.74, 6) is -1.05. The molecule has 0 unspecified atom stereocenters. The molecule has 1 saturated heterocycles. The number of H-pyrrole nitrogens is 1. The van der Waals surface area contributed by atoms with E-state index >= 15 is 0 Å². The molecule has 12 nitrogen and oxygen atoms in total. The lowest BCUT2D eigenvalue weighted by atomic mass is 10.2. The molecule has 4 rings (SSSR count). The van der Waals surface area contributed by atoms with E-state index in [0.29, 0.717) is 6.54 Å². The molecule has 1 aliphatic rings. The van der Waals surface area contributed by atoms with Gasteiger partial charge in [-0.15, -0.1) is 5.10 Å². The monoisotopic (exact) mass is 469 g/mol. The molecule has 1 N–H and O–H groups in total. The molecule has 0 radical (unpaired) electrons. The van der Waals surface area contributed by atoms with Gasteiger partial charge >= 0.3 is 17.6 Å². The predicted molar refractivity (Wildman–Crippen MR) is 117 cm³/mol. The number of carbonyl (C=O) groups excluding carboxylic acids is 2. The van der Waals surface area contributed by atoms with Crippen molar-refractivity contribution in [3.05, 3.63) is 69.1 Å². The zero-order valence-electron chi connectivity index (χ0n) is 18.5. The Morgan fingerprint density at radius 2 is 1.91 bits per heavy atom. The second kappa shape index (κ2) is 9.83. The molecule has 34 heavy (non-hydrogen) atoms. The van der Waals surface area contributed by atoms with Gasteiger partial charge in [0, 0.05) is 26.5 Å². The summed E-state index contributed by atoms with van der Waals surface area (Å²) in [5.41, 5.74) is 0.0728. The van der Waals surface area contributed by atoms with Gasteiger partial charge in [-0.2, -0.15) is 0 Å². The summed E-state index contributed by atoms with van der Waals surface area (Å²) in [6.07, 6.45) is 0.682. The molecule has 2 aromatic heterocycles. The lowest BCUT2D eigenvalue weighted by molar-refractivity contribution is -0.155. The van der Waals surface area contributed by atoms with E-state index in [2.05, 4.69) is 15.3 Å². The summed E-state index contributed by atoms with van der Waals surface area (Å²) >= 11 is 0. The molecule has 1 aromatic carbocycles. The van der Waals surface area contributed by atoms with Crippen molar-refractivity contribution in [2.45, 2.75) is 45.2 Å². The van der Waals surface area contributed by atoms with E-state index in [1.807, 2.05) is 30.3 Å². The number of aromatic amines is 1. The standard InChI is InChI=1S/C22H23N5O7/c1-13(28)32-12-19-18(33-14(2)29)8-20(34-19)27-10-16(21(30)23-22(27)31)17-11-26(25-24-17)9-15-6-4-3-5-7-15/h3-7,10-11,18-20H,8-9,12H2,1-2H3,(H,23,30,31)/t18-,19+,20+/m0/s1. The number of hydrogen-bond acceptors (Lipinski definition) is 9. The average Bonchev–Trinajstić information content (AvgIpc) is 3.39. The summed E-state index contributed by atoms with van der Waals surface area (Å²) in [6.45, 7) is 2.80. The van der Waals surface area contributed by atoms with E-state index in [1.54, 1.807) is 10.9 Å². The van der Waals surface area contributed by atoms with Crippen LogP contribution in [0, 0.1) is 0 Å². The first-order valence-electron chi connectivity index (χ1n) is 10.6. The molecular weight excluding hydrogens is 446 g/mol. The minimum Gasteiger partial charge on any atom is -0.463 e. The lowest BCUT2D eigenvalue weighted by Gasteiger charge is -2.17. The third kappa shape index (κ3) is 5.29. The molecular formula is C22H23N5O7. The van der Waals surface area contributed by atoms with Crippen LogP contribution >= 0.6 is 0 Å². The average molecular weight is 469 g/mol. The van der Waals surface area contributed by atoms with Gasteiger partial charge in [0.1, 0.15) is 30.7 Å². The number of nitrogens with one attached hydrogen (secondary N) is 1. The van der Waals surface area contributed by atoms with Gasteiger partial charge in [-0.1, -0.05) is 35.5 Å². The Hall–Kier alpha value is -4.06. The van der Waals surface area contributed by atoms with Crippen molar-refractivity contribution in [2.75, 3.05) is 6.61 Å². The van der Waals surface area contributed by atoms with Gasteiger partial charge in [0.15, 0.2) is 0 Å². The molecule has 178 valence electrons. The molecule has 12 heteroatoms. The Kier molecular flexibility index (Phi) is 6.68. The van der Waals surface area contributed by atoms with Gasteiger partial charge in [-0.05, 0) is 5.56 Å². The predicted octanol–water partition coefficient (Wildman–Crippen LogP) is 0.626. The van der Waals surface area contributed by atoms with Gasteiger partial charge in [0.05, 0.1) is 18.3 Å². The summed E-state index contributed by atoms with van der Waals surface area (Å²) in [6, 6.07) is 9.61. The van der Waals surface area contributed by atoms with E-state index in [4.69, 9.17) is 14.2 Å². The van der Waals surface area contributed by atoms with Crippen LogP contribution in [0.2, 0.25) is 0 Å². The molecule has 0 spiro atoms. The van der Waals surface area contributed by atoms with Crippen LogP contribution in [0.5, 0.6) is 0 Å². The van der Waals surface area contributed by atoms with Gasteiger partial charge in [0.2, 0.25) is 0 Å². The van der Waals surface area contributed by atoms with Crippen LogP contribution in [0.15, 0.2) is 52.3 Å². The Labute approximate surface area is 193 Å². The normalized spacial score (nSPS) is 19.6. The summed E-state index contributed by atoms with van der Waals surface area (Å²) in [5, 5.41) is 8.13. The van der Waals surface area contributed by atoms with E-state index in [0.717, 1.165) is 5.56 Å². The topological polar surface area (TPSA) is 147 Å². The van der Waals surface area contributed by atoms with Gasteiger partial charge in [-0.25, -0.2) is 9.48 Å². The molecule has 0 amide bonds. The number of esters is 2. The lowest BCUT2D eigenvalue weighted by Crippen LogP contribution is -2.33. The Bertz CT molecular complexity index is 1300. The molecule has 0 aliphatic carbocycles. The first kappa shape index (κ1) is 23.1. The highest BCUT2D eigenvalue weighted by Gasteiger charge is 2.39. The largest absolute Gasteiger partial charge is 0.463 e. The Morgan fingerprint density at radius 1 is 1.15 bits per heavy atom. The first-order valence-corrected chi connectivity index (χ1v) is 10.6. The highest BCUT2D eigenvalue weighted by atomic mass is 16.6. The molecule has 1 aliphatic heterocycles. The number of carbonyl (C=O) groups is 2. The van der Waals surface area contributed by atoms with Crippen LogP contribution in [0.3, 0.4) is 0 Å². The Morgan fingerprint density at radius 3 is 2.62 bits per heavy atom. The Balaban J connectivity index is 1.59. The fourth-order valence-electron chi connectivity index (χ4n) is 3.71. The fraction of sp³-hybridized carbons (Fsp3) is 0.364. The second-order valence-electron chi connectivity index (χ2n) is 7.81. The SMILES string of the molecule is CC(=O)OC[C@H]1O[C@@H](n2cc(-c3cn(Cc4ccccc4)nn3)c(=O)[nH]c2=O)C[C@@H]1OC(C)=O. The van der Waals surface area contributed by atoms with Crippen molar-refractivity contribution >= 4 is 11.9 Å². The van der Waals surface area contributed by atoms with Crippen LogP contribution in [-0.4, -0.2) is 55.3 Å². The third-order valence-electron chi connectivity index (χ3n) is 5.23. The van der Waals surface area contributed by atoms with E-state index < -0.39 is 41.6 Å². The van der Waals surface area contributed by atoms with Crippen molar-refractivity contribution in [1.82, 2.24) is 24.5 Å². The van der Waals surface area contributed by atoms with Crippen LogP contribution in [0.1, 0.15) is 32.1 Å². The highest BCUT2D eigenvalue weighted by Crippen LogP contribution is 2.30. The van der Waals surface area contributed by atoms with Gasteiger partial charge in [0.25, 0.3) is 5.56 Å². The van der Waals surface area contributed by atoms with Crippen LogP contribution in [0.25, 0.3) is 11.3 Å². The first-order chi connectivity index (χ1) is 16.3. The maximum atomic E-state index is 12.6. The second-order valence-corrected chi connectivity index (χ2v) is 7.81. The smallest absolute Gasteiger partial charge is 0.330 e. The zero-order valence-corrected chi connectivity index (χ0v) is 18.5. The molecule has 0 bridgehead atoms. The molecule has 3 heterocycles. The molecule has 3 atom stereocenters. The van der Waals surface area contributed by atoms with E-state index in [9.17, 15) is 19.2 Å². The number of hydrogen-bond donors (Lipinski definition) is 1. The third-order valence-corrected chi connectivity index (χ3v) is 5.23.